The number of aliphatic hydroxyl groups is 1. The average Bonchev–Trinajstić information content (AvgIpc) is 2.16. The van der Waals surface area contributed by atoms with Crippen LogP contribution in [0.4, 0.5) is 5.69 Å². The minimum absolute atomic E-state index is 0.264. The standard InChI is InChI=1S/C9H13ClN2OS/c10-6-1-2-9(8(12)3-6)14-5-7(13)4-11/h1-3,7,13H,4-5,11-12H2. The van der Waals surface area contributed by atoms with E-state index in [4.69, 9.17) is 23.1 Å². The second-order valence-corrected chi connectivity index (χ2v) is 4.38. The van der Waals surface area contributed by atoms with E-state index in [0.29, 0.717) is 16.5 Å². The lowest BCUT2D eigenvalue weighted by atomic mass is 10.3. The molecular formula is C9H13ClN2OS. The number of aliphatic hydroxyl groups excluding tert-OH is 1. The van der Waals surface area contributed by atoms with Crippen molar-refractivity contribution in [3.05, 3.63) is 23.2 Å². The minimum Gasteiger partial charge on any atom is -0.398 e. The molecule has 0 spiro atoms. The number of rotatable bonds is 4. The Morgan fingerprint density at radius 1 is 1.50 bits per heavy atom. The Balaban J connectivity index is 2.59. The zero-order valence-electron chi connectivity index (χ0n) is 7.61. The topological polar surface area (TPSA) is 72.3 Å². The van der Waals surface area contributed by atoms with E-state index in [9.17, 15) is 5.11 Å². The molecule has 5 heteroatoms. The third-order valence-corrected chi connectivity index (χ3v) is 3.14. The summed E-state index contributed by atoms with van der Waals surface area (Å²) in [6.07, 6.45) is -0.491. The van der Waals surface area contributed by atoms with Crippen LogP contribution in [0.2, 0.25) is 5.02 Å². The second kappa shape index (κ2) is 5.46. The van der Waals surface area contributed by atoms with Gasteiger partial charge in [-0.1, -0.05) is 11.6 Å². The van der Waals surface area contributed by atoms with Crippen LogP contribution in [0.25, 0.3) is 0 Å². The van der Waals surface area contributed by atoms with E-state index in [0.717, 1.165) is 4.90 Å². The summed E-state index contributed by atoms with van der Waals surface area (Å²) >= 11 is 7.22. The fraction of sp³-hybridized carbons (Fsp3) is 0.333. The van der Waals surface area contributed by atoms with Crippen molar-refractivity contribution in [2.24, 2.45) is 5.73 Å². The molecule has 1 unspecified atom stereocenters. The third-order valence-electron chi connectivity index (χ3n) is 1.68. The van der Waals surface area contributed by atoms with Gasteiger partial charge in [0.2, 0.25) is 0 Å². The number of benzene rings is 1. The maximum Gasteiger partial charge on any atom is 0.0756 e. The third kappa shape index (κ3) is 3.38. The summed E-state index contributed by atoms with van der Waals surface area (Å²) < 4.78 is 0. The number of hydrogen-bond acceptors (Lipinski definition) is 4. The molecule has 0 aliphatic heterocycles. The lowest BCUT2D eigenvalue weighted by Crippen LogP contribution is -2.21. The van der Waals surface area contributed by atoms with Gasteiger partial charge in [0.1, 0.15) is 0 Å². The van der Waals surface area contributed by atoms with E-state index in [2.05, 4.69) is 0 Å². The predicted octanol–water partition coefficient (Wildman–Crippen LogP) is 1.33. The molecule has 1 atom stereocenters. The van der Waals surface area contributed by atoms with Gasteiger partial charge in [0.25, 0.3) is 0 Å². The average molecular weight is 233 g/mol. The normalized spacial score (nSPS) is 12.8. The molecule has 78 valence electrons. The van der Waals surface area contributed by atoms with Crippen molar-refractivity contribution < 1.29 is 5.11 Å². The van der Waals surface area contributed by atoms with E-state index >= 15 is 0 Å². The Morgan fingerprint density at radius 2 is 2.21 bits per heavy atom. The number of halogens is 1. The highest BCUT2D eigenvalue weighted by Crippen LogP contribution is 2.27. The lowest BCUT2D eigenvalue weighted by molar-refractivity contribution is 0.208. The number of anilines is 1. The lowest BCUT2D eigenvalue weighted by Gasteiger charge is -2.08. The maximum absolute atomic E-state index is 9.25. The molecule has 0 saturated carbocycles. The van der Waals surface area contributed by atoms with Gasteiger partial charge in [0.05, 0.1) is 6.10 Å². The van der Waals surface area contributed by atoms with Crippen LogP contribution in [-0.4, -0.2) is 23.5 Å². The molecule has 0 heterocycles. The zero-order valence-corrected chi connectivity index (χ0v) is 9.18. The van der Waals surface area contributed by atoms with E-state index in [1.807, 2.05) is 6.07 Å². The molecule has 5 N–H and O–H groups in total. The van der Waals surface area contributed by atoms with Gasteiger partial charge < -0.3 is 16.6 Å². The van der Waals surface area contributed by atoms with Crippen molar-refractivity contribution in [3.63, 3.8) is 0 Å². The molecule has 0 aromatic heterocycles. The number of nitrogen functional groups attached to an aromatic ring is 1. The largest absolute Gasteiger partial charge is 0.398 e. The molecule has 0 bridgehead atoms. The van der Waals surface area contributed by atoms with E-state index < -0.39 is 6.10 Å². The number of thioether (sulfide) groups is 1. The molecule has 1 aromatic carbocycles. The first-order valence-corrected chi connectivity index (χ1v) is 5.55. The molecular weight excluding hydrogens is 220 g/mol. The van der Waals surface area contributed by atoms with E-state index in [-0.39, 0.29) is 6.54 Å². The summed E-state index contributed by atoms with van der Waals surface area (Å²) in [5, 5.41) is 9.87. The van der Waals surface area contributed by atoms with Crippen molar-refractivity contribution >= 4 is 29.1 Å². The molecule has 0 aliphatic carbocycles. The molecule has 0 amide bonds. The van der Waals surface area contributed by atoms with Crippen LogP contribution >= 0.6 is 23.4 Å². The van der Waals surface area contributed by atoms with Crippen molar-refractivity contribution in [1.29, 1.82) is 0 Å². The van der Waals surface area contributed by atoms with Gasteiger partial charge in [-0.2, -0.15) is 0 Å². The first kappa shape index (κ1) is 11.7. The molecule has 1 aromatic rings. The van der Waals surface area contributed by atoms with Crippen LogP contribution < -0.4 is 11.5 Å². The van der Waals surface area contributed by atoms with Crippen molar-refractivity contribution in [1.82, 2.24) is 0 Å². The van der Waals surface area contributed by atoms with Gasteiger partial charge in [0, 0.05) is 27.9 Å². The summed E-state index contributed by atoms with van der Waals surface area (Å²) in [4.78, 5) is 0.918. The van der Waals surface area contributed by atoms with Crippen LogP contribution in [0.1, 0.15) is 0 Å². The first-order chi connectivity index (χ1) is 6.63. The van der Waals surface area contributed by atoms with Crippen molar-refractivity contribution in [2.45, 2.75) is 11.0 Å². The highest BCUT2D eigenvalue weighted by molar-refractivity contribution is 7.99. The Labute approximate surface area is 92.4 Å². The van der Waals surface area contributed by atoms with Crippen molar-refractivity contribution in [3.8, 4) is 0 Å². The van der Waals surface area contributed by atoms with Crippen LogP contribution in [0.5, 0.6) is 0 Å². The van der Waals surface area contributed by atoms with E-state index in [1.54, 1.807) is 12.1 Å². The number of nitrogens with two attached hydrogens (primary N) is 2. The highest BCUT2D eigenvalue weighted by atomic mass is 35.5. The monoisotopic (exact) mass is 232 g/mol. The molecule has 1 rings (SSSR count). The smallest absolute Gasteiger partial charge is 0.0756 e. The Kier molecular flexibility index (Phi) is 4.54. The maximum atomic E-state index is 9.25. The fourth-order valence-corrected chi connectivity index (χ4v) is 1.98. The summed E-state index contributed by atoms with van der Waals surface area (Å²) in [5.41, 5.74) is 11.6. The predicted molar refractivity (Wildman–Crippen MR) is 61.6 cm³/mol. The Hall–Kier alpha value is -0.420. The SMILES string of the molecule is NCC(O)CSc1ccc(Cl)cc1N. The van der Waals surface area contributed by atoms with Crippen LogP contribution in [0.3, 0.4) is 0 Å². The molecule has 14 heavy (non-hydrogen) atoms. The zero-order chi connectivity index (χ0) is 10.6. The van der Waals surface area contributed by atoms with Gasteiger partial charge in [-0.3, -0.25) is 0 Å². The Morgan fingerprint density at radius 3 is 2.79 bits per heavy atom. The van der Waals surface area contributed by atoms with Crippen LogP contribution in [-0.2, 0) is 0 Å². The summed E-state index contributed by atoms with van der Waals surface area (Å²) in [6.45, 7) is 0.264. The molecule has 0 aliphatic rings. The number of hydrogen-bond donors (Lipinski definition) is 3. The molecule has 0 saturated heterocycles. The van der Waals surface area contributed by atoms with Crippen LogP contribution in [0, 0.1) is 0 Å². The van der Waals surface area contributed by atoms with Gasteiger partial charge in [-0.05, 0) is 18.2 Å². The summed E-state index contributed by atoms with van der Waals surface area (Å²) in [5.74, 6) is 0.544. The summed E-state index contributed by atoms with van der Waals surface area (Å²) in [6, 6.07) is 5.30. The fourth-order valence-electron chi connectivity index (χ4n) is 0.905. The molecule has 0 radical (unpaired) electrons. The van der Waals surface area contributed by atoms with Gasteiger partial charge in [-0.25, -0.2) is 0 Å². The minimum atomic E-state index is -0.491. The first-order valence-electron chi connectivity index (χ1n) is 4.19. The summed E-state index contributed by atoms with van der Waals surface area (Å²) in [7, 11) is 0. The highest BCUT2D eigenvalue weighted by Gasteiger charge is 2.05. The van der Waals surface area contributed by atoms with Gasteiger partial charge in [-0.15, -0.1) is 11.8 Å². The van der Waals surface area contributed by atoms with Crippen LogP contribution in [0.15, 0.2) is 23.1 Å². The second-order valence-electron chi connectivity index (χ2n) is 2.88. The molecule has 0 fully saturated rings. The van der Waals surface area contributed by atoms with Crippen molar-refractivity contribution in [2.75, 3.05) is 18.0 Å². The molecule has 3 nitrogen and oxygen atoms in total. The quantitative estimate of drug-likeness (QED) is 0.541. The van der Waals surface area contributed by atoms with E-state index in [1.165, 1.54) is 11.8 Å². The van der Waals surface area contributed by atoms with Gasteiger partial charge >= 0.3 is 0 Å². The van der Waals surface area contributed by atoms with Gasteiger partial charge in [0.15, 0.2) is 0 Å². The Bertz CT molecular complexity index is 309.